The van der Waals surface area contributed by atoms with Gasteiger partial charge >= 0.3 is 0 Å². The number of aromatic nitrogens is 2. The molecule has 0 aliphatic carbocycles. The number of hydrogen-bond donors (Lipinski definition) is 1. The molecule has 0 aliphatic heterocycles. The van der Waals surface area contributed by atoms with Crippen molar-refractivity contribution in [2.24, 2.45) is 0 Å². The number of fused-ring (bicyclic) bond motifs is 1. The van der Waals surface area contributed by atoms with Gasteiger partial charge in [0.2, 0.25) is 5.88 Å². The molecule has 0 unspecified atom stereocenters. The zero-order valence-corrected chi connectivity index (χ0v) is 10.8. The summed E-state index contributed by atoms with van der Waals surface area (Å²) in [5.41, 5.74) is 2.11. The van der Waals surface area contributed by atoms with Crippen LogP contribution in [0, 0.1) is 0 Å². The van der Waals surface area contributed by atoms with E-state index >= 15 is 0 Å². The molecule has 2 aromatic heterocycles. The average Bonchev–Trinajstić information content (AvgIpc) is 2.45. The van der Waals surface area contributed by atoms with E-state index in [4.69, 9.17) is 11.6 Å². The molecule has 2 heterocycles. The maximum atomic E-state index is 9.19. The van der Waals surface area contributed by atoms with Crippen LogP contribution in [0.1, 0.15) is 11.1 Å². The molecule has 0 amide bonds. The first kappa shape index (κ1) is 11.9. The van der Waals surface area contributed by atoms with Gasteiger partial charge in [0.15, 0.2) is 0 Å². The summed E-state index contributed by atoms with van der Waals surface area (Å²) in [6.45, 7) is 0. The van der Waals surface area contributed by atoms with Crippen LogP contribution in [0.2, 0.25) is 5.15 Å². The van der Waals surface area contributed by atoms with Gasteiger partial charge in [-0.05, 0) is 16.5 Å². The summed E-state index contributed by atoms with van der Waals surface area (Å²) in [6, 6.07) is 11.4. The van der Waals surface area contributed by atoms with Crippen molar-refractivity contribution in [3.63, 3.8) is 0 Å². The fraction of sp³-hybridized carbons (Fsp3) is 0.0667. The molecule has 0 aliphatic rings. The Morgan fingerprint density at radius 2 is 1.74 bits per heavy atom. The molecule has 4 heteroatoms. The third kappa shape index (κ3) is 2.37. The van der Waals surface area contributed by atoms with Crippen LogP contribution in [-0.2, 0) is 6.42 Å². The van der Waals surface area contributed by atoms with Crippen LogP contribution in [0.3, 0.4) is 0 Å². The number of rotatable bonds is 2. The number of hydrogen-bond acceptors (Lipinski definition) is 3. The first-order valence-electron chi connectivity index (χ1n) is 5.90. The van der Waals surface area contributed by atoms with Crippen LogP contribution in [0.5, 0.6) is 5.88 Å². The van der Waals surface area contributed by atoms with Crippen molar-refractivity contribution in [1.82, 2.24) is 9.97 Å². The van der Waals surface area contributed by atoms with E-state index in [1.165, 1.54) is 0 Å². The van der Waals surface area contributed by atoms with E-state index in [0.717, 1.165) is 21.9 Å². The van der Waals surface area contributed by atoms with E-state index in [9.17, 15) is 5.11 Å². The summed E-state index contributed by atoms with van der Waals surface area (Å²) < 4.78 is 0. The first-order valence-corrected chi connectivity index (χ1v) is 6.28. The second kappa shape index (κ2) is 4.86. The van der Waals surface area contributed by atoms with Gasteiger partial charge in [-0.3, -0.25) is 0 Å². The van der Waals surface area contributed by atoms with E-state index in [2.05, 4.69) is 9.97 Å². The molecule has 0 fully saturated rings. The van der Waals surface area contributed by atoms with Gasteiger partial charge in [-0.2, -0.15) is 0 Å². The molecule has 1 N–H and O–H groups in total. The monoisotopic (exact) mass is 270 g/mol. The molecule has 1 aromatic carbocycles. The van der Waals surface area contributed by atoms with Crippen molar-refractivity contribution < 1.29 is 5.11 Å². The molecule has 19 heavy (non-hydrogen) atoms. The Hall–Kier alpha value is -2.13. The van der Waals surface area contributed by atoms with Gasteiger partial charge in [0.1, 0.15) is 5.15 Å². The minimum atomic E-state index is 0.0304. The van der Waals surface area contributed by atoms with Gasteiger partial charge < -0.3 is 5.11 Å². The number of pyridine rings is 2. The van der Waals surface area contributed by atoms with E-state index in [1.54, 1.807) is 18.5 Å². The van der Waals surface area contributed by atoms with Crippen molar-refractivity contribution in [3.8, 4) is 5.88 Å². The topological polar surface area (TPSA) is 46.0 Å². The van der Waals surface area contributed by atoms with Crippen molar-refractivity contribution in [1.29, 1.82) is 0 Å². The fourth-order valence-corrected chi connectivity index (χ4v) is 2.31. The molecule has 0 atom stereocenters. The van der Waals surface area contributed by atoms with E-state index in [1.807, 2.05) is 30.3 Å². The van der Waals surface area contributed by atoms with Crippen LogP contribution in [0.4, 0.5) is 0 Å². The SMILES string of the molecule is Oc1ccc(Cc2cnc(Cl)c3ccccc23)cn1. The average molecular weight is 271 g/mol. The number of benzene rings is 1. The van der Waals surface area contributed by atoms with Crippen LogP contribution in [0.25, 0.3) is 10.8 Å². The maximum Gasteiger partial charge on any atom is 0.210 e. The fourth-order valence-electron chi connectivity index (χ4n) is 2.10. The second-order valence-electron chi connectivity index (χ2n) is 4.32. The minimum Gasteiger partial charge on any atom is -0.493 e. The highest BCUT2D eigenvalue weighted by molar-refractivity contribution is 6.34. The summed E-state index contributed by atoms with van der Waals surface area (Å²) in [6.07, 6.45) is 4.16. The highest BCUT2D eigenvalue weighted by atomic mass is 35.5. The van der Waals surface area contributed by atoms with Crippen LogP contribution in [0.15, 0.2) is 48.8 Å². The Labute approximate surface area is 115 Å². The lowest BCUT2D eigenvalue weighted by Gasteiger charge is -2.07. The molecule has 0 radical (unpaired) electrons. The summed E-state index contributed by atoms with van der Waals surface area (Å²) in [5, 5.41) is 11.8. The largest absolute Gasteiger partial charge is 0.493 e. The van der Waals surface area contributed by atoms with Crippen LogP contribution >= 0.6 is 11.6 Å². The predicted molar refractivity (Wildman–Crippen MR) is 75.5 cm³/mol. The van der Waals surface area contributed by atoms with Gasteiger partial charge in [-0.25, -0.2) is 9.97 Å². The van der Waals surface area contributed by atoms with Gasteiger partial charge in [-0.15, -0.1) is 0 Å². The number of aromatic hydroxyl groups is 1. The zero-order valence-electron chi connectivity index (χ0n) is 10.0. The standard InChI is InChI=1S/C15H11ClN2O/c16-15-13-4-2-1-3-12(13)11(9-18-15)7-10-5-6-14(19)17-8-10/h1-6,8-9H,7H2,(H,17,19). The summed E-state index contributed by atoms with van der Waals surface area (Å²) >= 11 is 6.10. The molecule has 0 spiro atoms. The predicted octanol–water partition coefficient (Wildman–Crippen LogP) is 3.58. The van der Waals surface area contributed by atoms with E-state index < -0.39 is 0 Å². The lowest BCUT2D eigenvalue weighted by atomic mass is 10.0. The Kier molecular flexibility index (Phi) is 3.05. The van der Waals surface area contributed by atoms with Crippen molar-refractivity contribution in [2.45, 2.75) is 6.42 Å². The van der Waals surface area contributed by atoms with Gasteiger partial charge in [0, 0.05) is 30.3 Å². The van der Waals surface area contributed by atoms with Crippen molar-refractivity contribution in [2.75, 3.05) is 0 Å². The molecular formula is C15H11ClN2O. The smallest absolute Gasteiger partial charge is 0.210 e. The molecule has 0 saturated heterocycles. The maximum absolute atomic E-state index is 9.19. The Balaban J connectivity index is 2.06. The Morgan fingerprint density at radius 1 is 0.947 bits per heavy atom. The third-order valence-electron chi connectivity index (χ3n) is 3.03. The zero-order chi connectivity index (χ0) is 13.2. The number of halogens is 1. The third-order valence-corrected chi connectivity index (χ3v) is 3.33. The molecule has 3 rings (SSSR count). The molecule has 0 bridgehead atoms. The molecule has 0 saturated carbocycles. The first-order chi connectivity index (χ1) is 9.24. The molecule has 3 aromatic rings. The normalized spacial score (nSPS) is 10.8. The van der Waals surface area contributed by atoms with Gasteiger partial charge in [0.25, 0.3) is 0 Å². The molecule has 94 valence electrons. The quantitative estimate of drug-likeness (QED) is 0.724. The van der Waals surface area contributed by atoms with Crippen LogP contribution < -0.4 is 0 Å². The van der Waals surface area contributed by atoms with Crippen LogP contribution in [-0.4, -0.2) is 15.1 Å². The minimum absolute atomic E-state index is 0.0304. The highest BCUT2D eigenvalue weighted by Gasteiger charge is 2.06. The molecule has 3 nitrogen and oxygen atoms in total. The highest BCUT2D eigenvalue weighted by Crippen LogP contribution is 2.25. The second-order valence-corrected chi connectivity index (χ2v) is 4.68. The summed E-state index contributed by atoms with van der Waals surface area (Å²) in [4.78, 5) is 8.10. The van der Waals surface area contributed by atoms with Gasteiger partial charge in [0.05, 0.1) is 0 Å². The van der Waals surface area contributed by atoms with E-state index in [-0.39, 0.29) is 5.88 Å². The summed E-state index contributed by atoms with van der Waals surface area (Å²) in [5.74, 6) is 0.0304. The lowest BCUT2D eigenvalue weighted by molar-refractivity contribution is 0.453. The Morgan fingerprint density at radius 3 is 2.47 bits per heavy atom. The van der Waals surface area contributed by atoms with E-state index in [0.29, 0.717) is 11.6 Å². The van der Waals surface area contributed by atoms with Crippen molar-refractivity contribution in [3.05, 3.63) is 65.1 Å². The summed E-state index contributed by atoms with van der Waals surface area (Å²) in [7, 11) is 0. The molecular weight excluding hydrogens is 260 g/mol. The van der Waals surface area contributed by atoms with Crippen molar-refractivity contribution >= 4 is 22.4 Å². The number of nitrogens with zero attached hydrogens (tertiary/aromatic N) is 2. The lowest BCUT2D eigenvalue weighted by Crippen LogP contribution is -1.93. The van der Waals surface area contributed by atoms with Gasteiger partial charge in [-0.1, -0.05) is 41.9 Å². The Bertz CT molecular complexity index is 726.